The summed E-state index contributed by atoms with van der Waals surface area (Å²) in [4.78, 5) is 11.8. The number of phenolic OH excluding ortho intramolecular Hbond substituents is 1. The van der Waals surface area contributed by atoms with E-state index in [4.69, 9.17) is 10.5 Å². The molecule has 1 rings (SSSR count). The van der Waals surface area contributed by atoms with Crippen molar-refractivity contribution in [1.82, 2.24) is 5.32 Å². The van der Waals surface area contributed by atoms with Gasteiger partial charge < -0.3 is 20.9 Å². The van der Waals surface area contributed by atoms with E-state index in [0.29, 0.717) is 0 Å². The van der Waals surface area contributed by atoms with Crippen LogP contribution in [0.4, 0.5) is 4.79 Å². The highest BCUT2D eigenvalue weighted by Gasteiger charge is 2.29. The van der Waals surface area contributed by atoms with E-state index in [1.54, 1.807) is 45.0 Å². The van der Waals surface area contributed by atoms with Gasteiger partial charge in [0, 0.05) is 6.54 Å². The van der Waals surface area contributed by atoms with E-state index in [-0.39, 0.29) is 12.3 Å². The molecule has 5 heteroatoms. The van der Waals surface area contributed by atoms with E-state index >= 15 is 0 Å². The molecule has 4 N–H and O–H groups in total. The molecule has 0 bridgehead atoms. The van der Waals surface area contributed by atoms with Gasteiger partial charge in [-0.15, -0.1) is 0 Å². The minimum atomic E-state index is -0.740. The van der Waals surface area contributed by atoms with E-state index in [2.05, 4.69) is 5.32 Å². The van der Waals surface area contributed by atoms with Crippen LogP contribution in [0.15, 0.2) is 24.3 Å². The van der Waals surface area contributed by atoms with E-state index < -0.39 is 17.2 Å². The molecule has 1 unspecified atom stereocenters. The number of benzene rings is 1. The van der Waals surface area contributed by atoms with Crippen molar-refractivity contribution in [3.63, 3.8) is 0 Å². The number of hydrogen-bond donors (Lipinski definition) is 3. The number of nitrogens with two attached hydrogens (primary N) is 1. The molecule has 1 amide bonds. The molecule has 0 aliphatic rings. The smallest absolute Gasteiger partial charge is 0.408 e. The second-order valence-electron chi connectivity index (χ2n) is 5.71. The highest BCUT2D eigenvalue weighted by molar-refractivity contribution is 5.69. The number of phenols is 1. The summed E-state index contributed by atoms with van der Waals surface area (Å²) in [6, 6.07) is 6.55. The van der Waals surface area contributed by atoms with Crippen LogP contribution in [0.2, 0.25) is 0 Å². The van der Waals surface area contributed by atoms with Crippen molar-refractivity contribution in [3.05, 3.63) is 29.8 Å². The van der Waals surface area contributed by atoms with Gasteiger partial charge in [-0.3, -0.25) is 0 Å². The highest BCUT2D eigenvalue weighted by atomic mass is 16.6. The number of alkyl carbamates (subject to hydrolysis) is 1. The Morgan fingerprint density at radius 3 is 2.21 bits per heavy atom. The van der Waals surface area contributed by atoms with Crippen molar-refractivity contribution in [3.8, 4) is 5.75 Å². The van der Waals surface area contributed by atoms with Crippen LogP contribution < -0.4 is 11.1 Å². The summed E-state index contributed by atoms with van der Waals surface area (Å²) in [5, 5.41) is 12.1. The first kappa shape index (κ1) is 15.3. The maximum Gasteiger partial charge on any atom is 0.408 e. The maximum absolute atomic E-state index is 11.8. The molecule has 1 aromatic carbocycles. The van der Waals surface area contributed by atoms with Crippen LogP contribution in [0, 0.1) is 0 Å². The van der Waals surface area contributed by atoms with E-state index in [0.717, 1.165) is 5.56 Å². The SMILES string of the molecule is CC(C)(C)OC(=O)NC(C)(CN)c1ccc(O)cc1. The Hall–Kier alpha value is -1.75. The normalized spacial score (nSPS) is 14.6. The molecular formula is C14H22N2O3. The third-order valence-electron chi connectivity index (χ3n) is 2.69. The summed E-state index contributed by atoms with van der Waals surface area (Å²) in [6.07, 6.45) is -0.520. The molecule has 1 aromatic rings. The molecule has 0 aromatic heterocycles. The second-order valence-corrected chi connectivity index (χ2v) is 5.71. The Kier molecular flexibility index (Phi) is 4.42. The second kappa shape index (κ2) is 5.48. The Morgan fingerprint density at radius 2 is 1.79 bits per heavy atom. The van der Waals surface area contributed by atoms with E-state index in [1.165, 1.54) is 0 Å². The van der Waals surface area contributed by atoms with Crippen LogP contribution in [0.25, 0.3) is 0 Å². The van der Waals surface area contributed by atoms with E-state index in [9.17, 15) is 9.90 Å². The summed E-state index contributed by atoms with van der Waals surface area (Å²) < 4.78 is 5.23. The van der Waals surface area contributed by atoms with Crippen LogP contribution in [-0.4, -0.2) is 23.3 Å². The summed E-state index contributed by atoms with van der Waals surface area (Å²) in [5.41, 5.74) is 5.26. The summed E-state index contributed by atoms with van der Waals surface area (Å²) >= 11 is 0. The predicted octanol–water partition coefficient (Wildman–Crippen LogP) is 2.09. The number of ether oxygens (including phenoxy) is 1. The third kappa shape index (κ3) is 4.44. The molecule has 0 radical (unpaired) electrons. The fourth-order valence-electron chi connectivity index (χ4n) is 1.60. The van der Waals surface area contributed by atoms with Crippen molar-refractivity contribution < 1.29 is 14.6 Å². The zero-order valence-electron chi connectivity index (χ0n) is 11.9. The number of carbonyl (C=O) groups excluding carboxylic acids is 1. The molecule has 5 nitrogen and oxygen atoms in total. The quantitative estimate of drug-likeness (QED) is 0.782. The standard InChI is InChI=1S/C14H22N2O3/c1-13(2,3)19-12(18)16-14(4,9-15)10-5-7-11(17)8-6-10/h5-8,17H,9,15H2,1-4H3,(H,16,18). The predicted molar refractivity (Wildman–Crippen MR) is 73.9 cm³/mol. The number of rotatable bonds is 3. The van der Waals surface area contributed by atoms with Gasteiger partial charge in [0.2, 0.25) is 0 Å². The number of carbonyl (C=O) groups is 1. The first-order valence-electron chi connectivity index (χ1n) is 6.17. The van der Waals surface area contributed by atoms with Gasteiger partial charge in [0.1, 0.15) is 11.4 Å². The molecule has 19 heavy (non-hydrogen) atoms. The molecule has 0 aliphatic carbocycles. The molecule has 106 valence electrons. The summed E-state index contributed by atoms with van der Waals surface area (Å²) in [7, 11) is 0. The molecule has 0 fully saturated rings. The van der Waals surface area contributed by atoms with Crippen molar-refractivity contribution in [2.45, 2.75) is 38.8 Å². The Balaban J connectivity index is 2.86. The fourth-order valence-corrected chi connectivity index (χ4v) is 1.60. The number of hydrogen-bond acceptors (Lipinski definition) is 4. The first-order valence-corrected chi connectivity index (χ1v) is 6.17. The van der Waals surface area contributed by atoms with Crippen molar-refractivity contribution in [2.75, 3.05) is 6.54 Å². The number of amides is 1. The summed E-state index contributed by atoms with van der Waals surface area (Å²) in [6.45, 7) is 7.42. The molecule has 0 spiro atoms. The largest absolute Gasteiger partial charge is 0.508 e. The lowest BCUT2D eigenvalue weighted by Crippen LogP contribution is -2.50. The topological polar surface area (TPSA) is 84.6 Å². The van der Waals surface area contributed by atoms with Gasteiger partial charge in [0.05, 0.1) is 5.54 Å². The Labute approximate surface area is 113 Å². The van der Waals surface area contributed by atoms with Crippen LogP contribution in [0.3, 0.4) is 0 Å². The van der Waals surface area contributed by atoms with Gasteiger partial charge in [-0.1, -0.05) is 12.1 Å². The molecular weight excluding hydrogens is 244 g/mol. The average molecular weight is 266 g/mol. The van der Waals surface area contributed by atoms with Crippen molar-refractivity contribution in [1.29, 1.82) is 0 Å². The van der Waals surface area contributed by atoms with E-state index in [1.807, 2.05) is 6.92 Å². The zero-order valence-corrected chi connectivity index (χ0v) is 11.9. The lowest BCUT2D eigenvalue weighted by atomic mass is 9.92. The van der Waals surface area contributed by atoms with Gasteiger partial charge in [0.25, 0.3) is 0 Å². The molecule has 0 aliphatic heterocycles. The van der Waals surface area contributed by atoms with Crippen molar-refractivity contribution in [2.24, 2.45) is 5.73 Å². The first-order chi connectivity index (χ1) is 8.66. The van der Waals surface area contributed by atoms with Gasteiger partial charge >= 0.3 is 6.09 Å². The molecule has 0 heterocycles. The van der Waals surface area contributed by atoms with Crippen LogP contribution >= 0.6 is 0 Å². The van der Waals surface area contributed by atoms with Crippen molar-refractivity contribution >= 4 is 6.09 Å². The summed E-state index contributed by atoms with van der Waals surface area (Å²) in [5.74, 6) is 0.167. The van der Waals surface area contributed by atoms with Gasteiger partial charge in [-0.25, -0.2) is 4.79 Å². The molecule has 1 atom stereocenters. The molecule has 0 saturated heterocycles. The van der Waals surface area contributed by atoms with Gasteiger partial charge in [0.15, 0.2) is 0 Å². The van der Waals surface area contributed by atoms with Gasteiger partial charge in [-0.2, -0.15) is 0 Å². The monoisotopic (exact) mass is 266 g/mol. The highest BCUT2D eigenvalue weighted by Crippen LogP contribution is 2.22. The minimum Gasteiger partial charge on any atom is -0.508 e. The third-order valence-corrected chi connectivity index (χ3v) is 2.69. The maximum atomic E-state index is 11.8. The Bertz CT molecular complexity index is 437. The fraction of sp³-hybridized carbons (Fsp3) is 0.500. The van der Waals surface area contributed by atoms with Gasteiger partial charge in [-0.05, 0) is 45.4 Å². The Morgan fingerprint density at radius 1 is 1.26 bits per heavy atom. The lowest BCUT2D eigenvalue weighted by Gasteiger charge is -2.31. The minimum absolute atomic E-state index is 0.167. The number of aromatic hydroxyl groups is 1. The average Bonchev–Trinajstić information content (AvgIpc) is 2.26. The molecule has 0 saturated carbocycles. The lowest BCUT2D eigenvalue weighted by molar-refractivity contribution is 0.0465. The van der Waals surface area contributed by atoms with Crippen LogP contribution in [0.1, 0.15) is 33.3 Å². The zero-order chi connectivity index (χ0) is 14.7. The van der Waals surface area contributed by atoms with Crippen LogP contribution in [0.5, 0.6) is 5.75 Å². The van der Waals surface area contributed by atoms with Crippen LogP contribution in [-0.2, 0) is 10.3 Å². The number of nitrogens with one attached hydrogen (secondary N) is 1.